The van der Waals surface area contributed by atoms with Crippen LogP contribution in [0.5, 0.6) is 0 Å². The van der Waals surface area contributed by atoms with Crippen LogP contribution >= 0.6 is 11.8 Å². The molecule has 5 nitrogen and oxygen atoms in total. The van der Waals surface area contributed by atoms with Gasteiger partial charge < -0.3 is 5.32 Å². The third-order valence-corrected chi connectivity index (χ3v) is 7.29. The molecule has 0 aliphatic carbocycles. The minimum Gasteiger partial charge on any atom is -0.314 e. The Balaban J connectivity index is 1.85. The molecule has 2 aliphatic rings. The molecule has 118 valence electrons. The topological polar surface area (TPSA) is 52.7 Å². The lowest BCUT2D eigenvalue weighted by Gasteiger charge is -2.28. The number of thioether (sulfide) groups is 1. The van der Waals surface area contributed by atoms with Gasteiger partial charge in [0.15, 0.2) is 0 Å². The first-order valence-electron chi connectivity index (χ1n) is 7.44. The molecular formula is C13H27N3O2S2. The first-order valence-corrected chi connectivity index (χ1v) is 10.0. The van der Waals surface area contributed by atoms with Gasteiger partial charge in [-0.25, -0.2) is 12.7 Å². The molecule has 0 radical (unpaired) electrons. The average molecular weight is 322 g/mol. The number of rotatable bonds is 4. The van der Waals surface area contributed by atoms with Crippen molar-refractivity contribution in [2.45, 2.75) is 25.0 Å². The van der Waals surface area contributed by atoms with Crippen LogP contribution in [-0.4, -0.2) is 79.7 Å². The zero-order valence-electron chi connectivity index (χ0n) is 12.6. The Morgan fingerprint density at radius 3 is 2.55 bits per heavy atom. The fraction of sp³-hybridized carbons (Fsp3) is 1.00. The van der Waals surface area contributed by atoms with E-state index in [4.69, 9.17) is 0 Å². The molecule has 0 aromatic rings. The van der Waals surface area contributed by atoms with E-state index in [1.165, 1.54) is 0 Å². The molecular weight excluding hydrogens is 294 g/mol. The van der Waals surface area contributed by atoms with Crippen molar-refractivity contribution in [3.05, 3.63) is 0 Å². The van der Waals surface area contributed by atoms with Gasteiger partial charge in [0, 0.05) is 56.3 Å². The number of nitrogens with one attached hydrogen (secondary N) is 1. The van der Waals surface area contributed by atoms with Gasteiger partial charge in [0.2, 0.25) is 10.0 Å². The lowest BCUT2D eigenvalue weighted by molar-refractivity contribution is 0.252. The SMILES string of the molecule is CC1(C)CCN(S(=O)(=O)CCN2CCNCC2)CCS1. The van der Waals surface area contributed by atoms with E-state index in [0.717, 1.165) is 38.4 Å². The van der Waals surface area contributed by atoms with Crippen molar-refractivity contribution in [3.63, 3.8) is 0 Å². The van der Waals surface area contributed by atoms with Gasteiger partial charge in [0.1, 0.15) is 0 Å². The molecule has 0 aromatic heterocycles. The van der Waals surface area contributed by atoms with E-state index < -0.39 is 10.0 Å². The molecule has 2 aliphatic heterocycles. The number of piperazine rings is 1. The second-order valence-electron chi connectivity index (χ2n) is 6.16. The molecule has 0 amide bonds. The number of nitrogens with zero attached hydrogens (tertiary/aromatic N) is 2. The summed E-state index contributed by atoms with van der Waals surface area (Å²) < 4.78 is 26.8. The zero-order chi connectivity index (χ0) is 14.6. The van der Waals surface area contributed by atoms with Gasteiger partial charge in [-0.1, -0.05) is 13.8 Å². The maximum absolute atomic E-state index is 12.5. The minimum absolute atomic E-state index is 0.197. The summed E-state index contributed by atoms with van der Waals surface area (Å²) in [5.41, 5.74) is 0. The normalized spacial score (nSPS) is 26.3. The lowest BCUT2D eigenvalue weighted by Crippen LogP contribution is -2.46. The standard InChI is InChI=1S/C13H27N3O2S2/c1-13(2)3-6-16(9-11-19-13)20(17,18)12-10-15-7-4-14-5-8-15/h14H,3-12H2,1-2H3. The molecule has 2 saturated heterocycles. The fourth-order valence-electron chi connectivity index (χ4n) is 2.59. The van der Waals surface area contributed by atoms with E-state index in [1.54, 1.807) is 4.31 Å². The molecule has 7 heteroatoms. The van der Waals surface area contributed by atoms with Crippen molar-refractivity contribution in [1.82, 2.24) is 14.5 Å². The monoisotopic (exact) mass is 321 g/mol. The molecule has 0 unspecified atom stereocenters. The third kappa shape index (κ3) is 4.87. The zero-order valence-corrected chi connectivity index (χ0v) is 14.2. The predicted molar refractivity (Wildman–Crippen MR) is 85.8 cm³/mol. The van der Waals surface area contributed by atoms with Crippen LogP contribution in [0.25, 0.3) is 0 Å². The molecule has 2 rings (SSSR count). The molecule has 0 aromatic carbocycles. The van der Waals surface area contributed by atoms with Gasteiger partial charge in [-0.05, 0) is 6.42 Å². The summed E-state index contributed by atoms with van der Waals surface area (Å²) in [7, 11) is -3.10. The van der Waals surface area contributed by atoms with Crippen molar-refractivity contribution in [2.75, 3.05) is 57.3 Å². The van der Waals surface area contributed by atoms with E-state index in [2.05, 4.69) is 24.1 Å². The average Bonchev–Trinajstić information content (AvgIpc) is 2.59. The molecule has 0 bridgehead atoms. The predicted octanol–water partition coefficient (Wildman–Crippen LogP) is 0.439. The number of hydrogen-bond donors (Lipinski definition) is 1. The summed E-state index contributed by atoms with van der Waals surface area (Å²) in [5.74, 6) is 1.16. The Morgan fingerprint density at radius 1 is 1.15 bits per heavy atom. The largest absolute Gasteiger partial charge is 0.314 e. The summed E-state index contributed by atoms with van der Waals surface area (Å²) in [6.45, 7) is 10.3. The Hall–Kier alpha value is 0.180. The Kier molecular flexibility index (Phi) is 5.76. The van der Waals surface area contributed by atoms with Crippen LogP contribution in [-0.2, 0) is 10.0 Å². The van der Waals surface area contributed by atoms with E-state index in [1.807, 2.05) is 11.8 Å². The summed E-state index contributed by atoms with van der Waals surface area (Å²) >= 11 is 1.88. The first kappa shape index (κ1) is 16.5. The van der Waals surface area contributed by atoms with E-state index >= 15 is 0 Å². The molecule has 1 N–H and O–H groups in total. The maximum Gasteiger partial charge on any atom is 0.215 e. The van der Waals surface area contributed by atoms with Gasteiger partial charge in [-0.15, -0.1) is 0 Å². The lowest BCUT2D eigenvalue weighted by atomic mass is 10.1. The van der Waals surface area contributed by atoms with Gasteiger partial charge in [0.05, 0.1) is 5.75 Å². The molecule has 0 atom stereocenters. The Morgan fingerprint density at radius 2 is 1.85 bits per heavy atom. The van der Waals surface area contributed by atoms with Gasteiger partial charge in [-0.3, -0.25) is 4.90 Å². The highest BCUT2D eigenvalue weighted by molar-refractivity contribution is 8.00. The molecule has 20 heavy (non-hydrogen) atoms. The number of sulfonamides is 1. The highest BCUT2D eigenvalue weighted by Crippen LogP contribution is 2.31. The summed E-state index contributed by atoms with van der Waals surface area (Å²) in [6, 6.07) is 0. The highest BCUT2D eigenvalue weighted by Gasteiger charge is 2.29. The first-order chi connectivity index (χ1) is 9.39. The number of hydrogen-bond acceptors (Lipinski definition) is 5. The van der Waals surface area contributed by atoms with E-state index in [0.29, 0.717) is 19.6 Å². The minimum atomic E-state index is -3.10. The van der Waals surface area contributed by atoms with Crippen LogP contribution in [0.4, 0.5) is 0 Å². The summed E-state index contributed by atoms with van der Waals surface area (Å²) in [4.78, 5) is 2.24. The van der Waals surface area contributed by atoms with E-state index in [-0.39, 0.29) is 10.5 Å². The van der Waals surface area contributed by atoms with Crippen LogP contribution in [0.2, 0.25) is 0 Å². The van der Waals surface area contributed by atoms with Crippen LogP contribution in [0.3, 0.4) is 0 Å². The van der Waals surface area contributed by atoms with Crippen molar-refractivity contribution in [3.8, 4) is 0 Å². The van der Waals surface area contributed by atoms with Crippen molar-refractivity contribution in [2.24, 2.45) is 0 Å². The van der Waals surface area contributed by atoms with Gasteiger partial charge in [0.25, 0.3) is 0 Å². The fourth-order valence-corrected chi connectivity index (χ4v) is 5.29. The van der Waals surface area contributed by atoms with Crippen molar-refractivity contribution >= 4 is 21.8 Å². The highest BCUT2D eigenvalue weighted by atomic mass is 32.2. The van der Waals surface area contributed by atoms with Crippen LogP contribution in [0, 0.1) is 0 Å². The van der Waals surface area contributed by atoms with Gasteiger partial charge in [-0.2, -0.15) is 11.8 Å². The van der Waals surface area contributed by atoms with Crippen molar-refractivity contribution in [1.29, 1.82) is 0 Å². The molecule has 2 fully saturated rings. The smallest absolute Gasteiger partial charge is 0.215 e. The molecule has 0 spiro atoms. The van der Waals surface area contributed by atoms with Crippen molar-refractivity contribution < 1.29 is 8.42 Å². The maximum atomic E-state index is 12.5. The van der Waals surface area contributed by atoms with Crippen LogP contribution in [0.15, 0.2) is 0 Å². The summed E-state index contributed by atoms with van der Waals surface area (Å²) in [6.07, 6.45) is 0.935. The van der Waals surface area contributed by atoms with Crippen LogP contribution < -0.4 is 5.32 Å². The summed E-state index contributed by atoms with van der Waals surface area (Å²) in [5, 5.41) is 3.29. The van der Waals surface area contributed by atoms with Crippen LogP contribution in [0.1, 0.15) is 20.3 Å². The Labute approximate surface area is 127 Å². The van der Waals surface area contributed by atoms with E-state index in [9.17, 15) is 8.42 Å². The third-order valence-electron chi connectivity index (χ3n) is 4.07. The molecule has 2 heterocycles. The second kappa shape index (κ2) is 6.96. The molecule has 0 saturated carbocycles. The second-order valence-corrected chi connectivity index (χ2v) is 10.1. The quantitative estimate of drug-likeness (QED) is 0.814. The Bertz CT molecular complexity index is 406. The van der Waals surface area contributed by atoms with Gasteiger partial charge >= 0.3 is 0 Å².